The maximum absolute atomic E-state index is 12.6. The second-order valence-corrected chi connectivity index (χ2v) is 8.51. The maximum Gasteiger partial charge on any atom is 0.254 e. The molecule has 0 bridgehead atoms. The van der Waals surface area contributed by atoms with E-state index in [1.54, 1.807) is 6.20 Å². The first-order chi connectivity index (χ1) is 16.1. The molecule has 5 aromatic rings. The molecule has 0 aliphatic heterocycles. The van der Waals surface area contributed by atoms with E-state index < -0.39 is 0 Å². The van der Waals surface area contributed by atoms with Gasteiger partial charge in [-0.2, -0.15) is 0 Å². The van der Waals surface area contributed by atoms with Crippen LogP contribution >= 0.6 is 11.3 Å². The molecule has 0 unspecified atom stereocenters. The van der Waals surface area contributed by atoms with Crippen LogP contribution in [0.5, 0.6) is 0 Å². The van der Waals surface area contributed by atoms with Gasteiger partial charge in [0.15, 0.2) is 0 Å². The molecule has 7 nitrogen and oxygen atoms in total. The number of pyridine rings is 1. The average Bonchev–Trinajstić information content (AvgIpc) is 3.27. The van der Waals surface area contributed by atoms with E-state index in [4.69, 9.17) is 0 Å². The summed E-state index contributed by atoms with van der Waals surface area (Å²) in [7, 11) is 0. The van der Waals surface area contributed by atoms with Gasteiger partial charge < -0.3 is 5.32 Å². The molecule has 0 saturated heterocycles. The summed E-state index contributed by atoms with van der Waals surface area (Å²) in [4.78, 5) is 39.3. The predicted molar refractivity (Wildman–Crippen MR) is 130 cm³/mol. The second kappa shape index (κ2) is 8.76. The maximum atomic E-state index is 12.6. The Morgan fingerprint density at radius 3 is 2.61 bits per heavy atom. The Bertz CT molecular complexity index is 1490. The number of hydrogen-bond donors (Lipinski definition) is 1. The zero-order valence-corrected chi connectivity index (χ0v) is 18.5. The van der Waals surface area contributed by atoms with Gasteiger partial charge in [-0.05, 0) is 42.8 Å². The smallest absolute Gasteiger partial charge is 0.254 e. The Kier molecular flexibility index (Phi) is 5.50. The topological polar surface area (TPSA) is 89.8 Å². The minimum absolute atomic E-state index is 0.119. The molecule has 3 heterocycles. The summed E-state index contributed by atoms with van der Waals surface area (Å²) in [5.41, 5.74) is 4.56. The molecule has 1 N–H and O–H groups in total. The molecule has 0 saturated carbocycles. The molecule has 0 spiro atoms. The van der Waals surface area contributed by atoms with Crippen LogP contribution in [0, 0.1) is 6.92 Å². The van der Waals surface area contributed by atoms with Gasteiger partial charge >= 0.3 is 0 Å². The van der Waals surface area contributed by atoms with Gasteiger partial charge in [-0.15, -0.1) is 0 Å². The average molecular weight is 454 g/mol. The van der Waals surface area contributed by atoms with Crippen molar-refractivity contribution in [3.63, 3.8) is 0 Å². The minimum Gasteiger partial charge on any atom is -0.324 e. The molecule has 0 fully saturated rings. The van der Waals surface area contributed by atoms with Crippen molar-refractivity contribution in [2.75, 3.05) is 5.32 Å². The van der Waals surface area contributed by atoms with Crippen molar-refractivity contribution in [2.24, 2.45) is 0 Å². The third-order valence-corrected chi connectivity index (χ3v) is 6.21. The van der Waals surface area contributed by atoms with Crippen molar-refractivity contribution in [1.82, 2.24) is 19.5 Å². The lowest BCUT2D eigenvalue weighted by Crippen LogP contribution is -2.27. The lowest BCUT2D eigenvalue weighted by Gasteiger charge is -2.11. The number of nitrogens with zero attached hydrogens (tertiary/aromatic N) is 4. The fraction of sp³-hybridized carbons (Fsp3) is 0.0800. The van der Waals surface area contributed by atoms with Gasteiger partial charge in [0.05, 0.1) is 12.0 Å². The first kappa shape index (κ1) is 20.7. The Morgan fingerprint density at radius 2 is 1.85 bits per heavy atom. The van der Waals surface area contributed by atoms with Gasteiger partial charge in [-0.1, -0.05) is 41.7 Å². The van der Waals surface area contributed by atoms with Gasteiger partial charge in [-0.25, -0.2) is 15.0 Å². The van der Waals surface area contributed by atoms with E-state index in [0.717, 1.165) is 32.0 Å². The molecule has 0 atom stereocenters. The molecule has 0 aliphatic carbocycles. The molecular formula is C25H19N5O2S. The number of nitrogens with one attached hydrogen (secondary N) is 1. The van der Waals surface area contributed by atoms with E-state index in [1.165, 1.54) is 28.3 Å². The number of carbonyl (C=O) groups excluding carboxylic acids is 1. The molecule has 0 radical (unpaired) electrons. The number of thiazole rings is 1. The zero-order valence-electron chi connectivity index (χ0n) is 17.7. The number of hydrogen-bond acceptors (Lipinski definition) is 6. The zero-order chi connectivity index (χ0) is 22.8. The molecule has 5 rings (SSSR count). The van der Waals surface area contributed by atoms with Crippen molar-refractivity contribution in [3.8, 4) is 21.8 Å². The van der Waals surface area contributed by atoms with Crippen LogP contribution < -0.4 is 10.9 Å². The van der Waals surface area contributed by atoms with Crippen molar-refractivity contribution < 1.29 is 4.79 Å². The molecule has 1 amide bonds. The number of amides is 1. The summed E-state index contributed by atoms with van der Waals surface area (Å²) >= 11 is 1.53. The van der Waals surface area contributed by atoms with Gasteiger partial charge in [0.2, 0.25) is 5.91 Å². The summed E-state index contributed by atoms with van der Waals surface area (Å²) in [5.74, 6) is -0.300. The Labute approximate surface area is 193 Å². The van der Waals surface area contributed by atoms with Gasteiger partial charge in [0.1, 0.15) is 21.9 Å². The molecule has 162 valence electrons. The molecule has 0 aliphatic rings. The normalized spacial score (nSPS) is 10.9. The highest BCUT2D eigenvalue weighted by molar-refractivity contribution is 7.21. The first-order valence-corrected chi connectivity index (χ1v) is 11.1. The van der Waals surface area contributed by atoms with Crippen LogP contribution in [0.3, 0.4) is 0 Å². The van der Waals surface area contributed by atoms with Crippen molar-refractivity contribution >= 4 is 33.3 Å². The van der Waals surface area contributed by atoms with E-state index in [9.17, 15) is 9.59 Å². The molecule has 33 heavy (non-hydrogen) atoms. The third-order valence-electron chi connectivity index (χ3n) is 5.18. The van der Waals surface area contributed by atoms with Crippen molar-refractivity contribution in [1.29, 1.82) is 0 Å². The lowest BCUT2D eigenvalue weighted by molar-refractivity contribution is -0.116. The van der Waals surface area contributed by atoms with Crippen LogP contribution in [0.1, 0.15) is 5.56 Å². The van der Waals surface area contributed by atoms with Gasteiger partial charge in [-0.3, -0.25) is 14.2 Å². The van der Waals surface area contributed by atoms with E-state index in [1.807, 2.05) is 67.6 Å². The number of rotatable bonds is 5. The number of benzene rings is 2. The highest BCUT2D eigenvalue weighted by atomic mass is 32.1. The van der Waals surface area contributed by atoms with Crippen LogP contribution in [-0.2, 0) is 11.3 Å². The molecule has 8 heteroatoms. The first-order valence-electron chi connectivity index (χ1n) is 10.3. The monoisotopic (exact) mass is 453 g/mol. The van der Waals surface area contributed by atoms with E-state index >= 15 is 0 Å². The SMILES string of the molecule is Cc1cc(-c2nc3cccnc3s2)ccc1NC(=O)Cn1cnc(-c2ccccc2)cc1=O. The lowest BCUT2D eigenvalue weighted by atomic mass is 10.1. The van der Waals surface area contributed by atoms with Crippen molar-refractivity contribution in [3.05, 3.63) is 95.2 Å². The second-order valence-electron chi connectivity index (χ2n) is 7.53. The largest absolute Gasteiger partial charge is 0.324 e. The standard InChI is InChI=1S/C25H19N5O2S/c1-16-12-18(24-29-20-8-5-11-26-25(20)33-24)9-10-19(16)28-22(31)14-30-15-27-21(13-23(30)32)17-6-3-2-4-7-17/h2-13,15H,14H2,1H3,(H,28,31). The highest BCUT2D eigenvalue weighted by Gasteiger charge is 2.11. The van der Waals surface area contributed by atoms with E-state index in [2.05, 4.69) is 20.3 Å². The Balaban J connectivity index is 1.30. The summed E-state index contributed by atoms with van der Waals surface area (Å²) in [6.45, 7) is 1.80. The number of aromatic nitrogens is 4. The van der Waals surface area contributed by atoms with Crippen LogP contribution in [0.2, 0.25) is 0 Å². The number of anilines is 1. The summed E-state index contributed by atoms with van der Waals surface area (Å²) < 4.78 is 1.29. The Hall–Kier alpha value is -4.17. The predicted octanol–water partition coefficient (Wildman–Crippen LogP) is 4.53. The van der Waals surface area contributed by atoms with Crippen LogP contribution in [0.4, 0.5) is 5.69 Å². The summed E-state index contributed by atoms with van der Waals surface area (Å²) in [6.07, 6.45) is 3.16. The van der Waals surface area contributed by atoms with Crippen LogP contribution in [-0.4, -0.2) is 25.4 Å². The third kappa shape index (κ3) is 4.42. The van der Waals surface area contributed by atoms with Gasteiger partial charge in [0.25, 0.3) is 5.56 Å². The molecule has 3 aromatic heterocycles. The summed E-state index contributed by atoms with van der Waals surface area (Å²) in [6, 6.07) is 20.4. The number of fused-ring (bicyclic) bond motifs is 1. The fourth-order valence-electron chi connectivity index (χ4n) is 3.49. The quantitative estimate of drug-likeness (QED) is 0.422. The highest BCUT2D eigenvalue weighted by Crippen LogP contribution is 2.31. The van der Waals surface area contributed by atoms with E-state index in [-0.39, 0.29) is 18.0 Å². The molecular weight excluding hydrogens is 434 g/mol. The van der Waals surface area contributed by atoms with Crippen molar-refractivity contribution in [2.45, 2.75) is 13.5 Å². The molecule has 2 aromatic carbocycles. The minimum atomic E-state index is -0.300. The van der Waals surface area contributed by atoms with Crippen LogP contribution in [0.25, 0.3) is 32.2 Å². The number of aryl methyl sites for hydroxylation is 1. The van der Waals surface area contributed by atoms with Gasteiger partial charge in [0, 0.05) is 29.1 Å². The summed E-state index contributed by atoms with van der Waals surface area (Å²) in [5, 5.41) is 3.76. The van der Waals surface area contributed by atoms with E-state index in [0.29, 0.717) is 11.4 Å². The number of carbonyl (C=O) groups is 1. The Morgan fingerprint density at radius 1 is 1.00 bits per heavy atom. The fourth-order valence-corrected chi connectivity index (χ4v) is 4.39. The van der Waals surface area contributed by atoms with Crippen LogP contribution in [0.15, 0.2) is 84.0 Å².